The molecule has 0 radical (unpaired) electrons. The van der Waals surface area contributed by atoms with Crippen molar-refractivity contribution in [3.63, 3.8) is 0 Å². The molecule has 1 fully saturated rings. The average Bonchev–Trinajstić information content (AvgIpc) is 2.88. The molecule has 3 aromatic carbocycles. The Morgan fingerprint density at radius 3 is 2.19 bits per heavy atom. The van der Waals surface area contributed by atoms with Crippen LogP contribution in [0.4, 0.5) is 13.2 Å². The van der Waals surface area contributed by atoms with E-state index in [1.165, 1.54) is 88.3 Å². The van der Waals surface area contributed by atoms with Crippen LogP contribution in [0.25, 0.3) is 21.9 Å². The molecule has 36 heavy (non-hydrogen) atoms. The highest BCUT2D eigenvalue weighted by molar-refractivity contribution is 5.88. The van der Waals surface area contributed by atoms with Crippen molar-refractivity contribution in [2.45, 2.75) is 90.6 Å². The van der Waals surface area contributed by atoms with Crippen molar-refractivity contribution in [2.24, 2.45) is 11.8 Å². The Labute approximate surface area is 214 Å². The van der Waals surface area contributed by atoms with Gasteiger partial charge >= 0.3 is 6.61 Å². The number of halogens is 3. The van der Waals surface area contributed by atoms with Crippen LogP contribution in [0, 0.1) is 17.7 Å². The highest BCUT2D eigenvalue weighted by Gasteiger charge is 2.21. The van der Waals surface area contributed by atoms with Gasteiger partial charge in [0.05, 0.1) is 0 Å². The van der Waals surface area contributed by atoms with Crippen molar-refractivity contribution < 1.29 is 17.9 Å². The van der Waals surface area contributed by atoms with Crippen LogP contribution in [0.15, 0.2) is 54.6 Å². The monoisotopic (exact) mass is 496 g/mol. The van der Waals surface area contributed by atoms with Gasteiger partial charge in [0.2, 0.25) is 0 Å². The van der Waals surface area contributed by atoms with Crippen LogP contribution < -0.4 is 4.74 Å². The smallest absolute Gasteiger partial charge is 0.387 e. The number of fused-ring (bicyclic) bond motifs is 1. The molecular weight excluding hydrogens is 457 g/mol. The van der Waals surface area contributed by atoms with Gasteiger partial charge in [-0.3, -0.25) is 0 Å². The maximum absolute atomic E-state index is 15.3. The van der Waals surface area contributed by atoms with Crippen molar-refractivity contribution in [3.05, 3.63) is 66.0 Å². The van der Waals surface area contributed by atoms with Crippen molar-refractivity contribution in [3.8, 4) is 16.9 Å². The van der Waals surface area contributed by atoms with Gasteiger partial charge in [-0.05, 0) is 53.3 Å². The first-order chi connectivity index (χ1) is 17.5. The predicted octanol–water partition coefficient (Wildman–Crippen LogP) is 10.3. The zero-order chi connectivity index (χ0) is 25.3. The summed E-state index contributed by atoms with van der Waals surface area (Å²) < 4.78 is 44.5. The molecule has 194 valence electrons. The van der Waals surface area contributed by atoms with Gasteiger partial charge in [0.25, 0.3) is 0 Å². The van der Waals surface area contributed by atoms with Crippen LogP contribution in [-0.4, -0.2) is 6.61 Å². The summed E-state index contributed by atoms with van der Waals surface area (Å²) in [5.74, 6) is 1.53. The minimum Gasteiger partial charge on any atom is -0.435 e. The summed E-state index contributed by atoms with van der Waals surface area (Å²) in [6.07, 6.45) is 16.1. The summed E-state index contributed by atoms with van der Waals surface area (Å²) >= 11 is 0. The fourth-order valence-corrected chi connectivity index (χ4v) is 5.75. The van der Waals surface area contributed by atoms with Crippen molar-refractivity contribution >= 4 is 10.8 Å². The zero-order valence-electron chi connectivity index (χ0n) is 21.5. The van der Waals surface area contributed by atoms with E-state index in [0.717, 1.165) is 23.6 Å². The lowest BCUT2D eigenvalue weighted by atomic mass is 9.77. The van der Waals surface area contributed by atoms with E-state index in [4.69, 9.17) is 0 Å². The third-order valence-corrected chi connectivity index (χ3v) is 7.93. The molecule has 0 aliphatic heterocycles. The molecule has 0 amide bonds. The molecule has 0 N–H and O–H groups in total. The number of benzene rings is 3. The molecule has 1 nitrogen and oxygen atoms in total. The van der Waals surface area contributed by atoms with E-state index in [1.54, 1.807) is 18.2 Å². The minimum absolute atomic E-state index is 0.0653. The minimum atomic E-state index is -2.87. The maximum atomic E-state index is 15.3. The fraction of sp³-hybridized carbons (Fsp3) is 0.500. The molecule has 0 bridgehead atoms. The van der Waals surface area contributed by atoms with Crippen molar-refractivity contribution in [1.29, 1.82) is 0 Å². The first-order valence-electron chi connectivity index (χ1n) is 13.8. The molecule has 0 heterocycles. The number of rotatable bonds is 12. The lowest BCUT2D eigenvalue weighted by Gasteiger charge is -2.28. The van der Waals surface area contributed by atoms with Gasteiger partial charge in [0.15, 0.2) is 0 Å². The summed E-state index contributed by atoms with van der Waals surface area (Å²) in [5, 5.41) is 1.49. The second kappa shape index (κ2) is 13.2. The van der Waals surface area contributed by atoms with E-state index in [0.29, 0.717) is 16.5 Å². The second-order valence-electron chi connectivity index (χ2n) is 10.5. The molecule has 1 aliphatic carbocycles. The molecule has 0 atom stereocenters. The van der Waals surface area contributed by atoms with Crippen LogP contribution >= 0.6 is 0 Å². The van der Waals surface area contributed by atoms with Crippen LogP contribution in [0.1, 0.15) is 83.1 Å². The summed E-state index contributed by atoms with van der Waals surface area (Å²) in [7, 11) is 0. The normalized spacial score (nSPS) is 18.1. The van der Waals surface area contributed by atoms with E-state index >= 15 is 4.39 Å². The molecule has 4 rings (SSSR count). The number of aryl methyl sites for hydroxylation is 1. The standard InChI is InChI=1S/C32H39F3O/c1-2-3-4-5-6-7-23-8-10-24(11-9-23)12-13-25-14-20-30-27(22-25)17-21-29(31(30)33)26-15-18-28(19-16-26)36-32(34)35/h14-24,32H,2-13H2,1H3/t23-,24-. The number of hydrogen-bond acceptors (Lipinski definition) is 1. The Hall–Kier alpha value is -2.49. The van der Waals surface area contributed by atoms with E-state index < -0.39 is 6.61 Å². The third kappa shape index (κ3) is 7.27. The SMILES string of the molecule is CCCCCCC[C@H]1CC[C@H](CCc2ccc3c(F)c(-c4ccc(OC(F)F)cc4)ccc3c2)CC1. The number of hydrogen-bond donors (Lipinski definition) is 0. The van der Waals surface area contributed by atoms with E-state index in [9.17, 15) is 8.78 Å². The Morgan fingerprint density at radius 1 is 0.806 bits per heavy atom. The average molecular weight is 497 g/mol. The maximum Gasteiger partial charge on any atom is 0.387 e. The summed E-state index contributed by atoms with van der Waals surface area (Å²) in [6.45, 7) is -0.600. The lowest BCUT2D eigenvalue weighted by molar-refractivity contribution is -0.0498. The summed E-state index contributed by atoms with van der Waals surface area (Å²) in [5.41, 5.74) is 2.36. The highest BCUT2D eigenvalue weighted by Crippen LogP contribution is 2.35. The van der Waals surface area contributed by atoms with Gasteiger partial charge in [-0.15, -0.1) is 0 Å². The van der Waals surface area contributed by atoms with E-state index in [2.05, 4.69) is 23.8 Å². The van der Waals surface area contributed by atoms with Gasteiger partial charge in [-0.2, -0.15) is 8.78 Å². The molecule has 0 unspecified atom stereocenters. The quantitative estimate of drug-likeness (QED) is 0.227. The molecule has 0 spiro atoms. The van der Waals surface area contributed by atoms with Crippen molar-refractivity contribution in [1.82, 2.24) is 0 Å². The van der Waals surface area contributed by atoms with Gasteiger partial charge in [0.1, 0.15) is 11.6 Å². The molecule has 4 heteroatoms. The molecular formula is C32H39F3O. The van der Waals surface area contributed by atoms with Crippen molar-refractivity contribution in [2.75, 3.05) is 0 Å². The largest absolute Gasteiger partial charge is 0.435 e. The Morgan fingerprint density at radius 2 is 1.50 bits per heavy atom. The number of unbranched alkanes of at least 4 members (excludes halogenated alkanes) is 4. The predicted molar refractivity (Wildman–Crippen MR) is 143 cm³/mol. The number of alkyl halides is 2. The van der Waals surface area contributed by atoms with Crippen LogP contribution in [0.5, 0.6) is 5.75 Å². The van der Waals surface area contributed by atoms with Gasteiger partial charge in [0, 0.05) is 10.9 Å². The van der Waals surface area contributed by atoms with Crippen LogP contribution in [-0.2, 0) is 6.42 Å². The summed E-state index contributed by atoms with van der Waals surface area (Å²) in [4.78, 5) is 0. The van der Waals surface area contributed by atoms with Crippen LogP contribution in [0.2, 0.25) is 0 Å². The topological polar surface area (TPSA) is 9.23 Å². The molecule has 1 aliphatic rings. The first-order valence-corrected chi connectivity index (χ1v) is 13.8. The Kier molecular flexibility index (Phi) is 9.72. The highest BCUT2D eigenvalue weighted by atomic mass is 19.3. The number of ether oxygens (including phenoxy) is 1. The van der Waals surface area contributed by atoms with E-state index in [-0.39, 0.29) is 11.6 Å². The lowest BCUT2D eigenvalue weighted by Crippen LogP contribution is -2.15. The van der Waals surface area contributed by atoms with Gasteiger partial charge < -0.3 is 4.74 Å². The molecule has 3 aromatic rings. The summed E-state index contributed by atoms with van der Waals surface area (Å²) in [6, 6.07) is 15.9. The first kappa shape index (κ1) is 26.6. The van der Waals surface area contributed by atoms with Gasteiger partial charge in [-0.25, -0.2) is 4.39 Å². The fourth-order valence-electron chi connectivity index (χ4n) is 5.75. The van der Waals surface area contributed by atoms with Crippen LogP contribution in [0.3, 0.4) is 0 Å². The van der Waals surface area contributed by atoms with E-state index in [1.807, 2.05) is 12.1 Å². The Balaban J connectivity index is 1.30. The second-order valence-corrected chi connectivity index (χ2v) is 10.5. The van der Waals surface area contributed by atoms with Gasteiger partial charge in [-0.1, -0.05) is 114 Å². The molecule has 0 aromatic heterocycles. The Bertz CT molecular complexity index is 1080. The molecule has 1 saturated carbocycles. The molecule has 0 saturated heterocycles. The third-order valence-electron chi connectivity index (χ3n) is 7.93. The zero-order valence-corrected chi connectivity index (χ0v) is 21.5.